The summed E-state index contributed by atoms with van der Waals surface area (Å²) in [7, 11) is 0. The van der Waals surface area contributed by atoms with Crippen molar-refractivity contribution in [2.24, 2.45) is 0 Å². The van der Waals surface area contributed by atoms with Crippen molar-refractivity contribution in [3.05, 3.63) is 0 Å². The largest absolute Gasteiger partial charge is 0.375 e. The Hall–Kier alpha value is -0.410. The van der Waals surface area contributed by atoms with Crippen molar-refractivity contribution < 1.29 is 14.3 Å². The van der Waals surface area contributed by atoms with Crippen molar-refractivity contribution in [1.29, 1.82) is 0 Å². The van der Waals surface area contributed by atoms with Gasteiger partial charge in [0.25, 0.3) is 0 Å². The molecule has 0 bridgehead atoms. The Morgan fingerprint density at radius 3 is 2.92 bits per heavy atom. The number of ketones is 1. The van der Waals surface area contributed by atoms with E-state index >= 15 is 0 Å². The zero-order valence-corrected chi connectivity index (χ0v) is 7.34. The van der Waals surface area contributed by atoms with E-state index in [1.165, 1.54) is 0 Å². The molecule has 0 spiro atoms. The van der Waals surface area contributed by atoms with Crippen LogP contribution in [0.15, 0.2) is 0 Å². The van der Waals surface area contributed by atoms with Crippen LogP contribution in [0.1, 0.15) is 26.2 Å². The van der Waals surface area contributed by atoms with Crippen LogP contribution in [0.25, 0.3) is 0 Å². The molecule has 2 saturated heterocycles. The second kappa shape index (κ2) is 2.82. The van der Waals surface area contributed by atoms with Gasteiger partial charge < -0.3 is 9.47 Å². The Morgan fingerprint density at radius 1 is 1.58 bits per heavy atom. The van der Waals surface area contributed by atoms with Gasteiger partial charge in [0.05, 0.1) is 11.7 Å². The first kappa shape index (κ1) is 8.20. The highest BCUT2D eigenvalue weighted by Crippen LogP contribution is 2.33. The molecular weight excluding hydrogens is 156 g/mol. The fourth-order valence-corrected chi connectivity index (χ4v) is 2.00. The molecule has 2 rings (SSSR count). The topological polar surface area (TPSA) is 35.5 Å². The summed E-state index contributed by atoms with van der Waals surface area (Å²) in [5.74, 6) is 0.202. The Labute approximate surface area is 72.0 Å². The summed E-state index contributed by atoms with van der Waals surface area (Å²) in [6.07, 6.45) is 2.79. The third-order valence-corrected chi connectivity index (χ3v) is 2.72. The Bertz CT molecular complexity index is 196. The van der Waals surface area contributed by atoms with E-state index in [1.807, 2.05) is 6.92 Å². The molecular formula is C9H14O3. The quantitative estimate of drug-likeness (QED) is 0.587. The van der Waals surface area contributed by atoms with Crippen molar-refractivity contribution in [2.75, 3.05) is 13.2 Å². The second-order valence-electron chi connectivity index (χ2n) is 3.82. The first-order valence-corrected chi connectivity index (χ1v) is 4.48. The van der Waals surface area contributed by atoms with Crippen LogP contribution in [0.4, 0.5) is 0 Å². The molecule has 12 heavy (non-hydrogen) atoms. The summed E-state index contributed by atoms with van der Waals surface area (Å²) >= 11 is 0. The minimum Gasteiger partial charge on any atom is -0.375 e. The molecule has 0 radical (unpaired) electrons. The van der Waals surface area contributed by atoms with E-state index < -0.39 is 0 Å². The van der Waals surface area contributed by atoms with Crippen molar-refractivity contribution in [3.8, 4) is 0 Å². The maximum atomic E-state index is 11.0. The van der Waals surface area contributed by atoms with Gasteiger partial charge in [-0.05, 0) is 19.8 Å². The number of ether oxygens (including phenoxy) is 2. The van der Waals surface area contributed by atoms with Crippen LogP contribution in [0.2, 0.25) is 0 Å². The minimum absolute atomic E-state index is 0.143. The van der Waals surface area contributed by atoms with E-state index in [0.29, 0.717) is 6.42 Å². The highest BCUT2D eigenvalue weighted by molar-refractivity contribution is 5.82. The summed E-state index contributed by atoms with van der Waals surface area (Å²) < 4.78 is 11.0. The molecule has 0 saturated carbocycles. The van der Waals surface area contributed by atoms with Crippen molar-refractivity contribution in [2.45, 2.75) is 37.9 Å². The number of hydrogen-bond donors (Lipinski definition) is 0. The number of hydrogen-bond acceptors (Lipinski definition) is 3. The lowest BCUT2D eigenvalue weighted by Crippen LogP contribution is -2.38. The maximum absolute atomic E-state index is 11.0. The van der Waals surface area contributed by atoms with Crippen LogP contribution in [0.5, 0.6) is 0 Å². The molecule has 2 fully saturated rings. The summed E-state index contributed by atoms with van der Waals surface area (Å²) in [5, 5.41) is 0. The Balaban J connectivity index is 2.05. The first-order valence-electron chi connectivity index (χ1n) is 4.48. The molecule has 0 aliphatic carbocycles. The molecule has 2 unspecified atom stereocenters. The van der Waals surface area contributed by atoms with Crippen LogP contribution in [-0.2, 0) is 14.3 Å². The molecule has 68 valence electrons. The van der Waals surface area contributed by atoms with Crippen LogP contribution in [0.3, 0.4) is 0 Å². The van der Waals surface area contributed by atoms with Gasteiger partial charge in [-0.1, -0.05) is 0 Å². The smallest absolute Gasteiger partial charge is 0.161 e. The molecule has 0 aromatic carbocycles. The highest BCUT2D eigenvalue weighted by Gasteiger charge is 2.44. The molecule has 0 aromatic heterocycles. The van der Waals surface area contributed by atoms with Crippen molar-refractivity contribution >= 4 is 5.78 Å². The second-order valence-corrected chi connectivity index (χ2v) is 3.82. The van der Waals surface area contributed by atoms with Gasteiger partial charge in [-0.3, -0.25) is 4.79 Å². The molecule has 2 atom stereocenters. The highest BCUT2D eigenvalue weighted by atomic mass is 16.6. The van der Waals surface area contributed by atoms with E-state index in [-0.39, 0.29) is 24.1 Å². The van der Waals surface area contributed by atoms with Crippen LogP contribution in [-0.4, -0.2) is 30.7 Å². The maximum Gasteiger partial charge on any atom is 0.161 e. The lowest BCUT2D eigenvalue weighted by Gasteiger charge is -2.28. The number of carbonyl (C=O) groups is 1. The molecule has 3 heteroatoms. The predicted octanol–water partition coefficient (Wildman–Crippen LogP) is 0.913. The molecule has 0 N–H and O–H groups in total. The first-order chi connectivity index (χ1) is 5.71. The van der Waals surface area contributed by atoms with E-state index in [1.54, 1.807) is 0 Å². The van der Waals surface area contributed by atoms with Crippen LogP contribution >= 0.6 is 0 Å². The average Bonchev–Trinajstić information content (AvgIpc) is 2.59. The van der Waals surface area contributed by atoms with Crippen LogP contribution < -0.4 is 0 Å². The molecule has 0 amide bonds. The number of carbonyl (C=O) groups excluding carboxylic acids is 1. The SMILES string of the molecule is CC1(C2CCCO2)CC(=O)CO1. The molecule has 2 aliphatic heterocycles. The predicted molar refractivity (Wildman–Crippen MR) is 43.0 cm³/mol. The van der Waals surface area contributed by atoms with Gasteiger partial charge in [-0.25, -0.2) is 0 Å². The third kappa shape index (κ3) is 1.27. The van der Waals surface area contributed by atoms with E-state index in [4.69, 9.17) is 9.47 Å². The minimum atomic E-state index is -0.326. The van der Waals surface area contributed by atoms with Gasteiger partial charge in [0.1, 0.15) is 6.61 Å². The summed E-state index contributed by atoms with van der Waals surface area (Å²) in [5.41, 5.74) is -0.326. The van der Waals surface area contributed by atoms with Crippen molar-refractivity contribution in [1.82, 2.24) is 0 Å². The average molecular weight is 170 g/mol. The van der Waals surface area contributed by atoms with Gasteiger partial charge in [-0.15, -0.1) is 0 Å². The number of Topliss-reactive ketones (excluding diaryl/α,β-unsaturated/α-hetero) is 1. The normalized spacial score (nSPS) is 42.4. The molecule has 0 aromatic rings. The molecule has 3 nitrogen and oxygen atoms in total. The van der Waals surface area contributed by atoms with E-state index in [9.17, 15) is 4.79 Å². The summed E-state index contributed by atoms with van der Waals surface area (Å²) in [4.78, 5) is 11.0. The van der Waals surface area contributed by atoms with E-state index in [0.717, 1.165) is 19.4 Å². The van der Waals surface area contributed by atoms with Gasteiger partial charge in [-0.2, -0.15) is 0 Å². The van der Waals surface area contributed by atoms with Crippen molar-refractivity contribution in [3.63, 3.8) is 0 Å². The summed E-state index contributed by atoms with van der Waals surface area (Å²) in [6, 6.07) is 0. The lowest BCUT2D eigenvalue weighted by atomic mass is 9.93. The zero-order chi connectivity index (χ0) is 8.60. The Kier molecular flexibility index (Phi) is 1.93. The van der Waals surface area contributed by atoms with Gasteiger partial charge >= 0.3 is 0 Å². The monoisotopic (exact) mass is 170 g/mol. The zero-order valence-electron chi connectivity index (χ0n) is 7.34. The molecule has 2 aliphatic rings. The number of rotatable bonds is 1. The lowest BCUT2D eigenvalue weighted by molar-refractivity contribution is -0.118. The van der Waals surface area contributed by atoms with Gasteiger partial charge in [0, 0.05) is 13.0 Å². The van der Waals surface area contributed by atoms with Gasteiger partial charge in [0.2, 0.25) is 0 Å². The standard InChI is InChI=1S/C9H14O3/c1-9(5-7(10)6-12-9)8-3-2-4-11-8/h8H,2-6H2,1H3. The van der Waals surface area contributed by atoms with E-state index in [2.05, 4.69) is 0 Å². The van der Waals surface area contributed by atoms with Crippen LogP contribution in [0, 0.1) is 0 Å². The Morgan fingerprint density at radius 2 is 2.42 bits per heavy atom. The van der Waals surface area contributed by atoms with Gasteiger partial charge in [0.15, 0.2) is 5.78 Å². The molecule has 2 heterocycles. The summed E-state index contributed by atoms with van der Waals surface area (Å²) in [6.45, 7) is 3.07. The fourth-order valence-electron chi connectivity index (χ4n) is 2.00. The fraction of sp³-hybridized carbons (Fsp3) is 0.889. The third-order valence-electron chi connectivity index (χ3n) is 2.72.